The first kappa shape index (κ1) is 10.9. The van der Waals surface area contributed by atoms with Crippen LogP contribution in [0.4, 0.5) is 0 Å². The molecular formula is C13H11N3O2S. The van der Waals surface area contributed by atoms with Crippen LogP contribution in [0.25, 0.3) is 10.2 Å². The van der Waals surface area contributed by atoms with Gasteiger partial charge in [0.05, 0.1) is 16.8 Å². The van der Waals surface area contributed by atoms with Crippen LogP contribution in [0.2, 0.25) is 0 Å². The quantitative estimate of drug-likeness (QED) is 0.735. The summed E-state index contributed by atoms with van der Waals surface area (Å²) >= 11 is 1.24. The van der Waals surface area contributed by atoms with Crippen molar-refractivity contribution in [2.24, 2.45) is 0 Å². The fraction of sp³-hybridized carbons (Fsp3) is 0.308. The number of rotatable bonds is 3. The monoisotopic (exact) mass is 273 g/mol. The molecule has 0 amide bonds. The van der Waals surface area contributed by atoms with Gasteiger partial charge in [0.1, 0.15) is 0 Å². The lowest BCUT2D eigenvalue weighted by atomic mass is 10.3. The van der Waals surface area contributed by atoms with Crippen molar-refractivity contribution in [3.8, 4) is 0 Å². The standard InChI is InChI=1S/C13H11N3O2S/c17-13-16(9-3-1-2-4-10(9)19-13)7-11-14-12(18-15-11)8-5-6-8/h1-4,8H,5-7H2. The Hall–Kier alpha value is -1.95. The fourth-order valence-electron chi connectivity index (χ4n) is 2.13. The molecule has 19 heavy (non-hydrogen) atoms. The summed E-state index contributed by atoms with van der Waals surface area (Å²) in [6.07, 6.45) is 2.26. The largest absolute Gasteiger partial charge is 0.339 e. The zero-order valence-electron chi connectivity index (χ0n) is 10.1. The second kappa shape index (κ2) is 4.03. The van der Waals surface area contributed by atoms with E-state index in [2.05, 4.69) is 10.1 Å². The Morgan fingerprint density at radius 3 is 3.05 bits per heavy atom. The molecule has 2 heterocycles. The van der Waals surface area contributed by atoms with Crippen molar-refractivity contribution in [2.45, 2.75) is 25.3 Å². The van der Waals surface area contributed by atoms with E-state index in [1.807, 2.05) is 24.3 Å². The molecule has 1 fully saturated rings. The molecule has 0 unspecified atom stereocenters. The van der Waals surface area contributed by atoms with Crippen LogP contribution in [0.1, 0.15) is 30.5 Å². The van der Waals surface area contributed by atoms with Gasteiger partial charge in [0.15, 0.2) is 5.82 Å². The molecule has 0 radical (unpaired) electrons. The number of aromatic nitrogens is 3. The van der Waals surface area contributed by atoms with Crippen molar-refractivity contribution in [2.75, 3.05) is 0 Å². The van der Waals surface area contributed by atoms with Crippen LogP contribution < -0.4 is 4.87 Å². The Bertz CT molecular complexity index is 797. The van der Waals surface area contributed by atoms with Gasteiger partial charge in [-0.15, -0.1) is 0 Å². The zero-order valence-corrected chi connectivity index (χ0v) is 10.9. The number of hydrogen-bond acceptors (Lipinski definition) is 5. The fourth-order valence-corrected chi connectivity index (χ4v) is 3.02. The van der Waals surface area contributed by atoms with E-state index in [-0.39, 0.29) is 4.87 Å². The minimum Gasteiger partial charge on any atom is -0.339 e. The predicted molar refractivity (Wildman–Crippen MR) is 71.5 cm³/mol. The number of thiazole rings is 1. The summed E-state index contributed by atoms with van der Waals surface area (Å²) in [6, 6.07) is 7.75. The van der Waals surface area contributed by atoms with Crippen LogP contribution >= 0.6 is 11.3 Å². The second-order valence-corrected chi connectivity index (χ2v) is 5.74. The van der Waals surface area contributed by atoms with E-state index in [9.17, 15) is 4.79 Å². The van der Waals surface area contributed by atoms with Crippen LogP contribution in [0.5, 0.6) is 0 Å². The Labute approximate surface area is 112 Å². The van der Waals surface area contributed by atoms with Gasteiger partial charge in [-0.1, -0.05) is 28.6 Å². The summed E-state index contributed by atoms with van der Waals surface area (Å²) in [4.78, 5) is 16.4. The third-order valence-corrected chi connectivity index (χ3v) is 4.24. The molecule has 2 aromatic heterocycles. The average molecular weight is 273 g/mol. The van der Waals surface area contributed by atoms with Crippen LogP contribution in [0, 0.1) is 0 Å². The van der Waals surface area contributed by atoms with Gasteiger partial charge in [-0.2, -0.15) is 4.98 Å². The molecule has 0 saturated heterocycles. The molecule has 1 aromatic carbocycles. The van der Waals surface area contributed by atoms with E-state index >= 15 is 0 Å². The van der Waals surface area contributed by atoms with Crippen LogP contribution in [0.3, 0.4) is 0 Å². The summed E-state index contributed by atoms with van der Waals surface area (Å²) < 4.78 is 7.90. The van der Waals surface area contributed by atoms with Gasteiger partial charge in [0.25, 0.3) is 0 Å². The zero-order chi connectivity index (χ0) is 12.8. The normalized spacial score (nSPS) is 15.2. The van der Waals surface area contributed by atoms with Gasteiger partial charge >= 0.3 is 4.87 Å². The summed E-state index contributed by atoms with van der Waals surface area (Å²) in [5.41, 5.74) is 0.926. The lowest BCUT2D eigenvalue weighted by Gasteiger charge is -1.98. The van der Waals surface area contributed by atoms with Crippen molar-refractivity contribution < 1.29 is 4.52 Å². The summed E-state index contributed by atoms with van der Waals surface area (Å²) in [5, 5.41) is 3.96. The highest BCUT2D eigenvalue weighted by Crippen LogP contribution is 2.38. The smallest absolute Gasteiger partial charge is 0.308 e. The second-order valence-electron chi connectivity index (χ2n) is 4.74. The Kier molecular flexibility index (Phi) is 2.32. The lowest BCUT2D eigenvalue weighted by molar-refractivity contribution is 0.373. The van der Waals surface area contributed by atoms with Crippen molar-refractivity contribution in [1.82, 2.24) is 14.7 Å². The Morgan fingerprint density at radius 2 is 2.21 bits per heavy atom. The number of hydrogen-bond donors (Lipinski definition) is 0. The highest BCUT2D eigenvalue weighted by molar-refractivity contribution is 7.16. The maximum Gasteiger partial charge on any atom is 0.308 e. The summed E-state index contributed by atoms with van der Waals surface area (Å²) in [6.45, 7) is 0.374. The molecule has 0 spiro atoms. The van der Waals surface area contributed by atoms with Crippen molar-refractivity contribution in [1.29, 1.82) is 0 Å². The van der Waals surface area contributed by atoms with E-state index < -0.39 is 0 Å². The lowest BCUT2D eigenvalue weighted by Crippen LogP contribution is -2.14. The SMILES string of the molecule is O=c1sc2ccccc2n1Cc1noc(C2CC2)n1. The van der Waals surface area contributed by atoms with Gasteiger partial charge in [-0.25, -0.2) is 0 Å². The molecule has 96 valence electrons. The van der Waals surface area contributed by atoms with Crippen molar-refractivity contribution >= 4 is 21.6 Å². The minimum atomic E-state index is 0.0129. The summed E-state index contributed by atoms with van der Waals surface area (Å²) in [7, 11) is 0. The van der Waals surface area contributed by atoms with Gasteiger partial charge < -0.3 is 4.52 Å². The van der Waals surface area contributed by atoms with Crippen LogP contribution in [0.15, 0.2) is 33.6 Å². The van der Waals surface area contributed by atoms with Crippen molar-refractivity contribution in [3.05, 3.63) is 45.6 Å². The van der Waals surface area contributed by atoms with Gasteiger partial charge in [-0.3, -0.25) is 9.36 Å². The Balaban J connectivity index is 1.73. The summed E-state index contributed by atoms with van der Waals surface area (Å²) in [5.74, 6) is 1.73. The molecule has 6 heteroatoms. The van der Waals surface area contributed by atoms with E-state index in [1.54, 1.807) is 4.57 Å². The first-order valence-electron chi connectivity index (χ1n) is 6.22. The number of benzene rings is 1. The van der Waals surface area contributed by atoms with E-state index in [1.165, 1.54) is 11.3 Å². The number of nitrogens with zero attached hydrogens (tertiary/aromatic N) is 3. The molecule has 0 bridgehead atoms. The Morgan fingerprint density at radius 1 is 1.37 bits per heavy atom. The van der Waals surface area contributed by atoms with E-state index in [0.717, 1.165) is 23.1 Å². The van der Waals surface area contributed by atoms with E-state index in [0.29, 0.717) is 24.2 Å². The van der Waals surface area contributed by atoms with Crippen LogP contribution in [-0.2, 0) is 6.54 Å². The van der Waals surface area contributed by atoms with E-state index in [4.69, 9.17) is 4.52 Å². The number of para-hydroxylation sites is 1. The highest BCUT2D eigenvalue weighted by atomic mass is 32.1. The molecule has 0 N–H and O–H groups in total. The molecule has 3 aromatic rings. The minimum absolute atomic E-state index is 0.0129. The third-order valence-electron chi connectivity index (χ3n) is 3.28. The first-order valence-corrected chi connectivity index (χ1v) is 7.04. The maximum absolute atomic E-state index is 12.0. The highest BCUT2D eigenvalue weighted by Gasteiger charge is 2.29. The molecule has 0 atom stereocenters. The molecule has 4 rings (SSSR count). The molecule has 5 nitrogen and oxygen atoms in total. The van der Waals surface area contributed by atoms with Crippen molar-refractivity contribution in [3.63, 3.8) is 0 Å². The topological polar surface area (TPSA) is 60.9 Å². The third kappa shape index (κ3) is 1.88. The van der Waals surface area contributed by atoms with Gasteiger partial charge in [-0.05, 0) is 25.0 Å². The molecular weight excluding hydrogens is 262 g/mol. The van der Waals surface area contributed by atoms with Crippen LogP contribution in [-0.4, -0.2) is 14.7 Å². The molecule has 0 aliphatic heterocycles. The number of fused-ring (bicyclic) bond motifs is 1. The molecule has 1 aliphatic rings. The maximum atomic E-state index is 12.0. The van der Waals surface area contributed by atoms with Gasteiger partial charge in [0, 0.05) is 5.92 Å². The molecule has 1 aliphatic carbocycles. The molecule has 1 saturated carbocycles. The average Bonchev–Trinajstić information content (AvgIpc) is 3.09. The van der Waals surface area contributed by atoms with Gasteiger partial charge in [0.2, 0.25) is 5.89 Å². The predicted octanol–water partition coefficient (Wildman–Crippen LogP) is 2.37. The first-order chi connectivity index (χ1) is 9.31.